The van der Waals surface area contributed by atoms with Crippen molar-refractivity contribution in [2.45, 2.75) is 6.92 Å². The molecular formula is C10H13N5O. The zero-order valence-electron chi connectivity index (χ0n) is 9.48. The number of hydrogen-bond donors (Lipinski definition) is 1. The fourth-order valence-corrected chi connectivity index (χ4v) is 1.15. The number of likely N-dealkylation sites (N-methyl/N-ethyl adjacent to an activating group) is 2. The van der Waals surface area contributed by atoms with Gasteiger partial charge in [-0.1, -0.05) is 0 Å². The minimum Gasteiger partial charge on any atom is -0.358 e. The van der Waals surface area contributed by atoms with Crippen LogP contribution < -0.4 is 10.2 Å². The highest BCUT2D eigenvalue weighted by molar-refractivity contribution is 5.80. The summed E-state index contributed by atoms with van der Waals surface area (Å²) in [6.07, 6.45) is 0. The minimum atomic E-state index is -0.133. The van der Waals surface area contributed by atoms with Gasteiger partial charge in [-0.25, -0.2) is 9.97 Å². The van der Waals surface area contributed by atoms with Gasteiger partial charge in [0.1, 0.15) is 11.8 Å². The summed E-state index contributed by atoms with van der Waals surface area (Å²) in [5.41, 5.74) is 0.997. The molecule has 0 atom stereocenters. The Morgan fingerprint density at radius 2 is 2.31 bits per heavy atom. The number of amides is 1. The number of rotatable bonds is 3. The molecule has 0 aromatic carbocycles. The Balaban J connectivity index is 2.91. The summed E-state index contributed by atoms with van der Waals surface area (Å²) in [4.78, 5) is 20.9. The molecule has 0 radical (unpaired) electrons. The van der Waals surface area contributed by atoms with E-state index >= 15 is 0 Å². The minimum absolute atomic E-state index is 0.133. The van der Waals surface area contributed by atoms with Gasteiger partial charge in [0.05, 0.1) is 6.54 Å². The summed E-state index contributed by atoms with van der Waals surface area (Å²) >= 11 is 0. The third-order valence-corrected chi connectivity index (χ3v) is 1.96. The van der Waals surface area contributed by atoms with Crippen LogP contribution in [0.1, 0.15) is 11.4 Å². The summed E-state index contributed by atoms with van der Waals surface area (Å²) < 4.78 is 0. The van der Waals surface area contributed by atoms with Crippen LogP contribution in [0.2, 0.25) is 0 Å². The van der Waals surface area contributed by atoms with Gasteiger partial charge in [-0.15, -0.1) is 0 Å². The van der Waals surface area contributed by atoms with E-state index in [9.17, 15) is 4.79 Å². The fourth-order valence-electron chi connectivity index (χ4n) is 1.15. The van der Waals surface area contributed by atoms with Crippen molar-refractivity contribution in [1.82, 2.24) is 15.3 Å². The lowest BCUT2D eigenvalue weighted by Crippen LogP contribution is -2.34. The molecule has 16 heavy (non-hydrogen) atoms. The van der Waals surface area contributed by atoms with E-state index in [0.29, 0.717) is 17.3 Å². The third-order valence-electron chi connectivity index (χ3n) is 1.96. The quantitative estimate of drug-likeness (QED) is 0.763. The number of aromatic nitrogens is 2. The molecule has 0 aliphatic heterocycles. The Labute approximate surface area is 93.9 Å². The van der Waals surface area contributed by atoms with Gasteiger partial charge in [-0.05, 0) is 13.0 Å². The van der Waals surface area contributed by atoms with Gasteiger partial charge in [0.25, 0.3) is 0 Å². The predicted octanol–water partition coefficient (Wildman–Crippen LogP) is -0.161. The van der Waals surface area contributed by atoms with Crippen LogP contribution in [-0.2, 0) is 4.79 Å². The molecule has 1 N–H and O–H groups in total. The average Bonchev–Trinajstić information content (AvgIpc) is 2.27. The van der Waals surface area contributed by atoms with Gasteiger partial charge in [0.15, 0.2) is 0 Å². The van der Waals surface area contributed by atoms with Crippen molar-refractivity contribution in [1.29, 1.82) is 5.26 Å². The number of nitrogens with zero attached hydrogens (tertiary/aromatic N) is 4. The summed E-state index contributed by atoms with van der Waals surface area (Å²) in [5, 5.41) is 11.3. The molecule has 1 aromatic rings. The molecule has 0 spiro atoms. The second-order valence-corrected chi connectivity index (χ2v) is 3.34. The highest BCUT2D eigenvalue weighted by Crippen LogP contribution is 2.07. The molecule has 0 unspecified atom stereocenters. The van der Waals surface area contributed by atoms with E-state index in [1.54, 1.807) is 32.0 Å². The first-order valence-electron chi connectivity index (χ1n) is 4.74. The summed E-state index contributed by atoms with van der Waals surface area (Å²) in [6.45, 7) is 1.94. The van der Waals surface area contributed by atoms with Crippen molar-refractivity contribution in [3.05, 3.63) is 17.5 Å². The third kappa shape index (κ3) is 2.92. The van der Waals surface area contributed by atoms with Crippen LogP contribution in [0.15, 0.2) is 6.07 Å². The van der Waals surface area contributed by atoms with Crippen molar-refractivity contribution >= 4 is 11.9 Å². The second kappa shape index (κ2) is 5.07. The van der Waals surface area contributed by atoms with Gasteiger partial charge in [-0.2, -0.15) is 5.26 Å². The Kier molecular flexibility index (Phi) is 3.78. The van der Waals surface area contributed by atoms with E-state index < -0.39 is 0 Å². The Bertz CT molecular complexity index is 437. The first-order valence-corrected chi connectivity index (χ1v) is 4.74. The molecule has 0 aliphatic carbocycles. The molecule has 6 nitrogen and oxygen atoms in total. The Morgan fingerprint density at radius 1 is 1.62 bits per heavy atom. The average molecular weight is 219 g/mol. The van der Waals surface area contributed by atoms with Gasteiger partial charge in [0, 0.05) is 19.8 Å². The van der Waals surface area contributed by atoms with Crippen LogP contribution in [0.3, 0.4) is 0 Å². The number of carbonyl (C=O) groups is 1. The number of anilines is 1. The molecule has 6 heteroatoms. The largest absolute Gasteiger partial charge is 0.358 e. The fraction of sp³-hybridized carbons (Fsp3) is 0.400. The van der Waals surface area contributed by atoms with E-state index in [2.05, 4.69) is 15.3 Å². The molecule has 0 aliphatic rings. The first-order chi connectivity index (χ1) is 7.56. The summed E-state index contributed by atoms with van der Waals surface area (Å²) in [6, 6.07) is 3.55. The van der Waals surface area contributed by atoms with Crippen molar-refractivity contribution in [3.63, 3.8) is 0 Å². The molecule has 0 fully saturated rings. The van der Waals surface area contributed by atoms with E-state index in [1.807, 2.05) is 6.07 Å². The van der Waals surface area contributed by atoms with Crippen molar-refractivity contribution in [2.75, 3.05) is 25.5 Å². The van der Waals surface area contributed by atoms with Gasteiger partial charge >= 0.3 is 0 Å². The molecule has 1 heterocycles. The lowest BCUT2D eigenvalue weighted by molar-refractivity contribution is -0.119. The molecule has 0 bridgehead atoms. The maximum absolute atomic E-state index is 11.2. The summed E-state index contributed by atoms with van der Waals surface area (Å²) in [5.74, 6) is 0.242. The van der Waals surface area contributed by atoms with Crippen LogP contribution >= 0.6 is 0 Å². The van der Waals surface area contributed by atoms with Crippen molar-refractivity contribution < 1.29 is 4.79 Å². The predicted molar refractivity (Wildman–Crippen MR) is 58.8 cm³/mol. The van der Waals surface area contributed by atoms with E-state index in [0.717, 1.165) is 0 Å². The first kappa shape index (κ1) is 11.9. The van der Waals surface area contributed by atoms with Crippen molar-refractivity contribution in [2.24, 2.45) is 0 Å². The smallest absolute Gasteiger partial charge is 0.239 e. The number of nitriles is 1. The van der Waals surface area contributed by atoms with E-state index in [1.165, 1.54) is 0 Å². The van der Waals surface area contributed by atoms with Crippen LogP contribution in [-0.4, -0.2) is 36.5 Å². The monoisotopic (exact) mass is 219 g/mol. The topological polar surface area (TPSA) is 81.9 Å². The Morgan fingerprint density at radius 3 is 2.88 bits per heavy atom. The normalized spacial score (nSPS) is 9.38. The second-order valence-electron chi connectivity index (χ2n) is 3.34. The highest BCUT2D eigenvalue weighted by atomic mass is 16.1. The maximum Gasteiger partial charge on any atom is 0.239 e. The lowest BCUT2D eigenvalue weighted by atomic mass is 10.3. The number of nitrogens with one attached hydrogen (secondary N) is 1. The molecule has 1 amide bonds. The Hall–Kier alpha value is -2.16. The van der Waals surface area contributed by atoms with Crippen LogP contribution in [0.25, 0.3) is 0 Å². The molecule has 0 saturated carbocycles. The maximum atomic E-state index is 11.2. The SMILES string of the molecule is CNC(=O)CN(C)c1nc(C)cc(C#N)n1. The number of aryl methyl sites for hydroxylation is 1. The summed E-state index contributed by atoms with van der Waals surface area (Å²) in [7, 11) is 3.26. The zero-order chi connectivity index (χ0) is 12.1. The van der Waals surface area contributed by atoms with Crippen molar-refractivity contribution in [3.8, 4) is 6.07 Å². The zero-order valence-corrected chi connectivity index (χ0v) is 9.48. The van der Waals surface area contributed by atoms with Crippen LogP contribution in [0, 0.1) is 18.3 Å². The van der Waals surface area contributed by atoms with Gasteiger partial charge in [-0.3, -0.25) is 4.79 Å². The van der Waals surface area contributed by atoms with Crippen LogP contribution in [0.5, 0.6) is 0 Å². The van der Waals surface area contributed by atoms with Crippen LogP contribution in [0.4, 0.5) is 5.95 Å². The highest BCUT2D eigenvalue weighted by Gasteiger charge is 2.10. The number of carbonyl (C=O) groups excluding carboxylic acids is 1. The standard InChI is InChI=1S/C10H13N5O/c1-7-4-8(5-11)14-10(13-7)15(3)6-9(16)12-2/h4H,6H2,1-3H3,(H,12,16). The van der Waals surface area contributed by atoms with E-state index in [4.69, 9.17) is 5.26 Å². The van der Waals surface area contributed by atoms with E-state index in [-0.39, 0.29) is 12.5 Å². The lowest BCUT2D eigenvalue weighted by Gasteiger charge is -2.16. The van der Waals surface area contributed by atoms with Gasteiger partial charge < -0.3 is 10.2 Å². The molecule has 0 saturated heterocycles. The molecular weight excluding hydrogens is 206 g/mol. The number of hydrogen-bond acceptors (Lipinski definition) is 5. The molecule has 1 aromatic heterocycles. The van der Waals surface area contributed by atoms with Gasteiger partial charge in [0.2, 0.25) is 11.9 Å². The molecule has 1 rings (SSSR count). The molecule has 84 valence electrons.